The number of methoxy groups -OCH3 is 2. The number of likely N-dealkylation sites (tertiary alicyclic amines) is 1. The highest BCUT2D eigenvalue weighted by molar-refractivity contribution is 9.14. The number of Topliss-reactive ketones (excluding diaryl/α,β-unsaturated/α-hetero) is 3. The van der Waals surface area contributed by atoms with Crippen LogP contribution in [0.2, 0.25) is 0 Å². The number of rotatable bonds is 41. The highest BCUT2D eigenvalue weighted by atomic mass is 79.9. The number of urea groups is 1. The summed E-state index contributed by atoms with van der Waals surface area (Å²) >= 11 is 6.23. The molecule has 7 N–H and O–H groups in total. The molecule has 0 aromatic heterocycles. The third-order valence-electron chi connectivity index (χ3n) is 18.9. The van der Waals surface area contributed by atoms with Gasteiger partial charge in [-0.2, -0.15) is 0 Å². The Labute approximate surface area is 637 Å². The van der Waals surface area contributed by atoms with Crippen LogP contribution in [0.4, 0.5) is 15.3 Å². The largest absolute Gasteiger partial charge is 0.445 e. The third kappa shape index (κ3) is 30.4. The zero-order valence-corrected chi connectivity index (χ0v) is 69.3. The summed E-state index contributed by atoms with van der Waals surface area (Å²) in [4.78, 5) is 154. The van der Waals surface area contributed by atoms with Gasteiger partial charge in [-0.1, -0.05) is 166 Å². The molecule has 12 atom stereocenters. The number of imide groups is 1. The number of aliphatic hydroxyl groups excluding tert-OH is 2. The highest BCUT2D eigenvalue weighted by Crippen LogP contribution is 2.34. The number of unbranched alkanes of at least 4 members (excludes halogenated alkanes) is 2. The first-order valence-corrected chi connectivity index (χ1v) is 38.8. The van der Waals surface area contributed by atoms with Crippen molar-refractivity contribution in [2.24, 2.45) is 53.1 Å². The molecule has 0 spiro atoms. The van der Waals surface area contributed by atoms with Crippen molar-refractivity contribution >= 4 is 102 Å². The van der Waals surface area contributed by atoms with Crippen molar-refractivity contribution in [2.75, 3.05) is 60.4 Å². The van der Waals surface area contributed by atoms with Crippen LogP contribution in [-0.2, 0) is 64.0 Å². The Hall–Kier alpha value is -6.45. The molecule has 2 aliphatic rings. The minimum atomic E-state index is -0.969. The third-order valence-corrected chi connectivity index (χ3v) is 20.9. The van der Waals surface area contributed by atoms with E-state index < -0.39 is 84.0 Å². The fourth-order valence-corrected chi connectivity index (χ4v) is 13.8. The van der Waals surface area contributed by atoms with Gasteiger partial charge in [-0.15, -0.1) is 0 Å². The zero-order valence-electron chi connectivity index (χ0n) is 66.1. The van der Waals surface area contributed by atoms with E-state index in [1.54, 1.807) is 62.1 Å². The van der Waals surface area contributed by atoms with Crippen molar-refractivity contribution in [1.29, 1.82) is 0 Å². The van der Waals surface area contributed by atoms with Gasteiger partial charge in [-0.3, -0.25) is 48.1 Å². The molecule has 590 valence electrons. The minimum absolute atomic E-state index is 0.0557. The number of hydrogen-bond acceptors (Lipinski definition) is 16. The first-order valence-electron chi connectivity index (χ1n) is 37.2. The lowest BCUT2D eigenvalue weighted by Gasteiger charge is -2.41. The van der Waals surface area contributed by atoms with Crippen LogP contribution in [0.5, 0.6) is 0 Å². The number of halogens is 2. The van der Waals surface area contributed by atoms with Gasteiger partial charge < -0.3 is 60.8 Å². The first-order chi connectivity index (χ1) is 49.3. The number of ketones is 3. The highest BCUT2D eigenvalue weighted by Gasteiger charge is 2.44. The van der Waals surface area contributed by atoms with E-state index in [-0.39, 0.29) is 138 Å². The fourth-order valence-electron chi connectivity index (χ4n) is 13.0. The van der Waals surface area contributed by atoms with Gasteiger partial charge in [-0.25, -0.2) is 9.59 Å². The monoisotopic (exact) mass is 1590 g/mol. The van der Waals surface area contributed by atoms with Crippen molar-refractivity contribution in [1.82, 2.24) is 30.2 Å². The maximum absolute atomic E-state index is 14.9. The number of carbonyl (C=O) groups is 11. The molecule has 2 heterocycles. The molecule has 1 saturated heterocycles. The molecular formula is C78H128Br2N8O16. The summed E-state index contributed by atoms with van der Waals surface area (Å²) in [6.45, 7) is 31.2. The molecule has 0 bridgehead atoms. The van der Waals surface area contributed by atoms with Crippen molar-refractivity contribution in [3.8, 4) is 0 Å². The quantitative estimate of drug-likeness (QED) is 0.0266. The number of nitrogens with one attached hydrogen (secondary N) is 3. The number of amides is 9. The molecule has 26 heteroatoms. The van der Waals surface area contributed by atoms with Crippen LogP contribution in [0.15, 0.2) is 63.6 Å². The second kappa shape index (κ2) is 51.7. The molecule has 9 amide bonds. The molecule has 0 aliphatic carbocycles. The van der Waals surface area contributed by atoms with Crippen LogP contribution in [0, 0.1) is 47.3 Å². The summed E-state index contributed by atoms with van der Waals surface area (Å²) in [6.07, 6.45) is 0.777. The Morgan fingerprint density at radius 1 is 0.692 bits per heavy atom. The van der Waals surface area contributed by atoms with Crippen molar-refractivity contribution in [2.45, 2.75) is 243 Å². The van der Waals surface area contributed by atoms with E-state index in [9.17, 15) is 57.8 Å². The molecule has 24 nitrogen and oxygen atoms in total. The van der Waals surface area contributed by atoms with Gasteiger partial charge in [0.25, 0.3) is 11.8 Å². The van der Waals surface area contributed by atoms with Gasteiger partial charge in [-0.05, 0) is 123 Å². The van der Waals surface area contributed by atoms with Crippen LogP contribution in [0.3, 0.4) is 0 Å². The molecule has 1 fully saturated rings. The Morgan fingerprint density at radius 3 is 1.80 bits per heavy atom. The average molecular weight is 1590 g/mol. The molecule has 2 unspecified atom stereocenters. The summed E-state index contributed by atoms with van der Waals surface area (Å²) < 4.78 is 18.2. The van der Waals surface area contributed by atoms with Crippen LogP contribution in [-0.4, -0.2) is 186 Å². The number of hydrogen-bond donors (Lipinski definition) is 6. The lowest BCUT2D eigenvalue weighted by atomic mass is 9.83. The number of primary amides is 1. The minimum Gasteiger partial charge on any atom is -0.445 e. The number of anilines is 1. The predicted octanol–water partition coefficient (Wildman–Crippen LogP) is 12.5. The predicted molar refractivity (Wildman–Crippen MR) is 415 cm³/mol. The van der Waals surface area contributed by atoms with Gasteiger partial charge in [0.2, 0.25) is 23.6 Å². The molecular weight excluding hydrogens is 1460 g/mol. The van der Waals surface area contributed by atoms with Crippen LogP contribution in [0.25, 0.3) is 0 Å². The summed E-state index contributed by atoms with van der Waals surface area (Å²) in [5, 5.41) is 26.2. The summed E-state index contributed by atoms with van der Waals surface area (Å²) in [5.41, 5.74) is 6.94. The Balaban J connectivity index is 0.0000128. The van der Waals surface area contributed by atoms with Crippen molar-refractivity contribution in [3.05, 3.63) is 74.7 Å². The van der Waals surface area contributed by atoms with Crippen LogP contribution in [0.1, 0.15) is 211 Å². The number of nitrogens with zero attached hydrogens (tertiary/aromatic N) is 4. The number of ether oxygens (including phenoxy) is 3. The summed E-state index contributed by atoms with van der Waals surface area (Å²) in [7, 11) is 7.23. The molecule has 2 aliphatic heterocycles. The Morgan fingerprint density at radius 2 is 1.28 bits per heavy atom. The van der Waals surface area contributed by atoms with Crippen molar-refractivity contribution in [3.63, 3.8) is 0 Å². The standard InChI is InChI=1S/C71H106Br2N8O15.3C2H6.CH4O/c1-15-44(8)63(56(94-13)39-58(86)80-35-23-27-52(80)65(95-14)46(10)53(82)36-45(9)64(87)48-24-18-16-19-25-48)78(11)67(89)51(41(2)3)38-55(84)62(43(6)7)79(12)71(93)96-40-47-29-31-50(32-30-47)76-66(88)49(26-22-33-75-70(74)92)37-54(83)61(42(4)5)77-57(85)28-20-17-21-34-81-68(90)59(72)60(73)69(81)91;4*1-2/h16,18-19,24-25,29-32,41-46,49,51-52,56,61-65,87H,15,17,20-23,26-28,33-40H2,1-14H3,(H,76,88)(H,77,85)(H3,74,75,92);3*1-2H3;2H,1H3/t44-,45-,46-,49+,51?,52-,56+,61-,62-,63?,64+,65+;;;;/m0..../s1. The number of carbonyl (C=O) groups excluding carboxylic acids is 11. The lowest BCUT2D eigenvalue weighted by Crippen LogP contribution is -2.54. The molecule has 4 rings (SSSR count). The lowest BCUT2D eigenvalue weighted by molar-refractivity contribution is -0.149. The Kier molecular flexibility index (Phi) is 48.5. The smallest absolute Gasteiger partial charge is 0.410 e. The average Bonchev–Trinajstić information content (AvgIpc) is 1.45. The first kappa shape index (κ1) is 97.5. The van der Waals surface area contributed by atoms with Gasteiger partial charge in [0.05, 0.1) is 48.9 Å². The molecule has 0 saturated carbocycles. The van der Waals surface area contributed by atoms with E-state index in [2.05, 4.69) is 47.8 Å². The van der Waals surface area contributed by atoms with Crippen molar-refractivity contribution < 1.29 is 77.2 Å². The van der Waals surface area contributed by atoms with E-state index in [4.69, 9.17) is 25.1 Å². The maximum Gasteiger partial charge on any atom is 0.410 e. The van der Waals surface area contributed by atoms with E-state index in [0.29, 0.717) is 62.7 Å². The second-order valence-corrected chi connectivity index (χ2v) is 28.5. The van der Waals surface area contributed by atoms with Gasteiger partial charge in [0.15, 0.2) is 11.6 Å². The topological polar surface area (TPSA) is 331 Å². The summed E-state index contributed by atoms with van der Waals surface area (Å²) in [6, 6.07) is 12.2. The van der Waals surface area contributed by atoms with Gasteiger partial charge >= 0.3 is 12.1 Å². The fraction of sp³-hybridized carbons (Fsp3) is 0.679. The maximum atomic E-state index is 14.9. The van der Waals surface area contributed by atoms with E-state index in [0.717, 1.165) is 17.6 Å². The molecule has 2 aromatic rings. The van der Waals surface area contributed by atoms with Gasteiger partial charge in [0.1, 0.15) is 21.4 Å². The van der Waals surface area contributed by atoms with Crippen LogP contribution >= 0.6 is 31.9 Å². The van der Waals surface area contributed by atoms with E-state index >= 15 is 0 Å². The number of aliphatic hydroxyl groups is 2. The SMILES string of the molecule is CC.CC.CC.CC[C@H](C)C([C@@H](CC(=O)N1CCC[C@H]1[C@H](OC)[C@@H](C)C(=O)C[C@H](C)[C@@H](O)c1ccccc1)OC)N(C)C(=O)C(CC(=O)[C@H](C(C)C)N(C)C(=O)OCc1ccc(NC(=O)[C@H](CCCNC(N)=O)CC(=O)[C@@H](NC(=O)CCCCCN2C(=O)C(Br)=C(Br)C2=O)C(C)C)cc1)C(C)C.CO. The normalized spacial score (nSPS) is 16.5. The van der Waals surface area contributed by atoms with Crippen LogP contribution < -0.4 is 21.7 Å². The number of nitrogens with two attached hydrogens (primary N) is 1. The van der Waals surface area contributed by atoms with Gasteiger partial charge in [0, 0.05) is 104 Å². The van der Waals surface area contributed by atoms with E-state index in [1.807, 2.05) is 127 Å². The Bertz CT molecular complexity index is 2980. The number of likely N-dealkylation sites (N-methyl/N-ethyl adjacent to an activating group) is 2. The molecule has 2 aromatic carbocycles. The molecule has 0 radical (unpaired) electrons. The zero-order chi connectivity index (χ0) is 79.8. The second-order valence-electron chi connectivity index (χ2n) is 26.9. The van der Waals surface area contributed by atoms with E-state index in [1.165, 1.54) is 19.1 Å². The summed E-state index contributed by atoms with van der Waals surface area (Å²) in [5.74, 6) is -6.70. The number of benzene rings is 2. The molecule has 104 heavy (non-hydrogen) atoms.